The van der Waals surface area contributed by atoms with Crippen LogP contribution in [0.2, 0.25) is 0 Å². The Morgan fingerprint density at radius 1 is 0.909 bits per heavy atom. The number of aromatic nitrogens is 5. The first-order chi connectivity index (χ1) is 16.0. The van der Waals surface area contributed by atoms with E-state index < -0.39 is 5.76 Å². The first-order valence-corrected chi connectivity index (χ1v) is 11.1. The van der Waals surface area contributed by atoms with Crippen molar-refractivity contribution in [1.82, 2.24) is 24.7 Å². The summed E-state index contributed by atoms with van der Waals surface area (Å²) in [5, 5.41) is 2.60. The topological polar surface area (TPSA) is 89.6 Å². The number of aromatic amines is 1. The van der Waals surface area contributed by atoms with Gasteiger partial charge in [-0.2, -0.15) is 10.1 Å². The highest BCUT2D eigenvalue weighted by molar-refractivity contribution is 5.82. The van der Waals surface area contributed by atoms with Gasteiger partial charge in [0.1, 0.15) is 11.3 Å². The Balaban J connectivity index is 1.63. The third-order valence-corrected chi connectivity index (χ3v) is 6.19. The highest BCUT2D eigenvalue weighted by Crippen LogP contribution is 2.32. The van der Waals surface area contributed by atoms with Crippen LogP contribution in [-0.2, 0) is 6.42 Å². The molecule has 0 aliphatic heterocycles. The maximum atomic E-state index is 11.4. The summed E-state index contributed by atoms with van der Waals surface area (Å²) >= 11 is 0. The van der Waals surface area contributed by atoms with Crippen LogP contribution in [0.25, 0.3) is 39.4 Å². The van der Waals surface area contributed by atoms with Crippen molar-refractivity contribution in [3.8, 4) is 28.2 Å². The van der Waals surface area contributed by atoms with E-state index in [0.717, 1.165) is 57.9 Å². The van der Waals surface area contributed by atoms with Gasteiger partial charge in [0.25, 0.3) is 0 Å². The fourth-order valence-corrected chi connectivity index (χ4v) is 4.24. The molecule has 0 atom stereocenters. The van der Waals surface area contributed by atoms with E-state index in [1.807, 2.05) is 31.2 Å². The minimum Gasteiger partial charge on any atom is -0.321 e. The van der Waals surface area contributed by atoms with E-state index in [4.69, 9.17) is 14.5 Å². The SMILES string of the molecule is CCCc1nc2c(C)c(C)c(C)nc2n1-c1ccc(-c2ccccc2-c2nc(=O)o[nH]2)cc1. The average Bonchev–Trinajstić information content (AvgIpc) is 3.41. The van der Waals surface area contributed by atoms with Crippen LogP contribution in [0.15, 0.2) is 57.8 Å². The van der Waals surface area contributed by atoms with Gasteiger partial charge in [0.05, 0.1) is 0 Å². The summed E-state index contributed by atoms with van der Waals surface area (Å²) in [6.45, 7) is 8.43. The molecule has 33 heavy (non-hydrogen) atoms. The average molecular weight is 440 g/mol. The van der Waals surface area contributed by atoms with Gasteiger partial charge in [0.2, 0.25) is 0 Å². The normalized spacial score (nSPS) is 11.4. The number of aryl methyl sites for hydroxylation is 3. The standard InChI is InChI=1S/C26H25N5O2/c1-5-8-22-28-23-16(3)15(2)17(4)27-25(23)31(22)19-13-11-18(12-14-19)20-9-6-7-10-21(20)24-29-26(32)33-30-24/h6-7,9-14H,5,8H2,1-4H3,(H,29,30,32). The Bertz CT molecular complexity index is 1520. The van der Waals surface area contributed by atoms with E-state index in [1.165, 1.54) is 11.1 Å². The summed E-state index contributed by atoms with van der Waals surface area (Å²) in [5.74, 6) is 0.788. The number of nitrogens with zero attached hydrogens (tertiary/aromatic N) is 4. The zero-order valence-corrected chi connectivity index (χ0v) is 19.1. The van der Waals surface area contributed by atoms with Crippen LogP contribution in [0.5, 0.6) is 0 Å². The lowest BCUT2D eigenvalue weighted by Gasteiger charge is -2.12. The first kappa shape index (κ1) is 20.9. The van der Waals surface area contributed by atoms with Crippen LogP contribution in [0.3, 0.4) is 0 Å². The van der Waals surface area contributed by atoms with Gasteiger partial charge in [0, 0.05) is 23.4 Å². The number of H-pyrrole nitrogens is 1. The Morgan fingerprint density at radius 3 is 2.30 bits per heavy atom. The second kappa shape index (κ2) is 8.16. The van der Waals surface area contributed by atoms with Crippen LogP contribution >= 0.6 is 0 Å². The molecule has 3 aromatic heterocycles. The van der Waals surface area contributed by atoms with Crippen molar-refractivity contribution < 1.29 is 4.52 Å². The fraction of sp³-hybridized carbons (Fsp3) is 0.231. The van der Waals surface area contributed by atoms with Gasteiger partial charge >= 0.3 is 5.76 Å². The number of pyridine rings is 1. The molecule has 0 radical (unpaired) electrons. The molecule has 0 saturated heterocycles. The summed E-state index contributed by atoms with van der Waals surface area (Å²) in [7, 11) is 0. The molecule has 0 spiro atoms. The van der Waals surface area contributed by atoms with Crippen LogP contribution in [0.4, 0.5) is 0 Å². The molecule has 0 bridgehead atoms. The number of imidazole rings is 1. The van der Waals surface area contributed by atoms with Crippen LogP contribution < -0.4 is 5.76 Å². The molecule has 3 heterocycles. The molecule has 0 aliphatic carbocycles. The Morgan fingerprint density at radius 2 is 1.64 bits per heavy atom. The summed E-state index contributed by atoms with van der Waals surface area (Å²) < 4.78 is 6.94. The largest absolute Gasteiger partial charge is 0.460 e. The molecule has 0 saturated carbocycles. The molecule has 7 heteroatoms. The highest BCUT2D eigenvalue weighted by Gasteiger charge is 2.18. The van der Waals surface area contributed by atoms with Crippen LogP contribution in [0, 0.1) is 20.8 Å². The van der Waals surface area contributed by atoms with Crippen molar-refractivity contribution in [2.24, 2.45) is 0 Å². The van der Waals surface area contributed by atoms with Gasteiger partial charge in [-0.05, 0) is 61.6 Å². The fourth-order valence-electron chi connectivity index (χ4n) is 4.24. The van der Waals surface area contributed by atoms with Crippen molar-refractivity contribution in [3.05, 3.63) is 81.7 Å². The number of hydrogen-bond acceptors (Lipinski definition) is 5. The Hall–Kier alpha value is -4.00. The van der Waals surface area contributed by atoms with Crippen molar-refractivity contribution in [2.75, 3.05) is 0 Å². The molecule has 7 nitrogen and oxygen atoms in total. The molecule has 166 valence electrons. The Kier molecular flexibility index (Phi) is 5.17. The Labute approximate surface area is 191 Å². The van der Waals surface area contributed by atoms with Crippen molar-refractivity contribution in [1.29, 1.82) is 0 Å². The van der Waals surface area contributed by atoms with Gasteiger partial charge in [-0.3, -0.25) is 4.57 Å². The number of hydrogen-bond donors (Lipinski definition) is 1. The highest BCUT2D eigenvalue weighted by atomic mass is 16.5. The molecular formula is C26H25N5O2. The van der Waals surface area contributed by atoms with E-state index in [-0.39, 0.29) is 0 Å². The minimum atomic E-state index is -0.640. The molecule has 0 aliphatic rings. The van der Waals surface area contributed by atoms with E-state index >= 15 is 0 Å². The van der Waals surface area contributed by atoms with Crippen LogP contribution in [0.1, 0.15) is 36.0 Å². The van der Waals surface area contributed by atoms with E-state index in [1.54, 1.807) is 0 Å². The maximum absolute atomic E-state index is 11.4. The van der Waals surface area contributed by atoms with Crippen molar-refractivity contribution >= 4 is 11.2 Å². The monoisotopic (exact) mass is 439 g/mol. The van der Waals surface area contributed by atoms with Crippen molar-refractivity contribution in [2.45, 2.75) is 40.5 Å². The lowest BCUT2D eigenvalue weighted by Crippen LogP contribution is -2.03. The van der Waals surface area contributed by atoms with Crippen molar-refractivity contribution in [3.63, 3.8) is 0 Å². The summed E-state index contributed by atoms with van der Waals surface area (Å²) in [4.78, 5) is 25.2. The quantitative estimate of drug-likeness (QED) is 0.401. The van der Waals surface area contributed by atoms with E-state index in [0.29, 0.717) is 5.82 Å². The number of nitrogens with one attached hydrogen (secondary N) is 1. The lowest BCUT2D eigenvalue weighted by atomic mass is 9.99. The third kappa shape index (κ3) is 3.55. The molecule has 5 rings (SSSR count). The number of fused-ring (bicyclic) bond motifs is 1. The van der Waals surface area contributed by atoms with Gasteiger partial charge in [-0.15, -0.1) is 0 Å². The molecule has 5 aromatic rings. The van der Waals surface area contributed by atoms with E-state index in [2.05, 4.69) is 59.7 Å². The zero-order chi connectivity index (χ0) is 23.1. The first-order valence-electron chi connectivity index (χ1n) is 11.1. The lowest BCUT2D eigenvalue weighted by molar-refractivity contribution is 0.388. The third-order valence-electron chi connectivity index (χ3n) is 6.19. The molecule has 0 unspecified atom stereocenters. The zero-order valence-electron chi connectivity index (χ0n) is 19.1. The summed E-state index contributed by atoms with van der Waals surface area (Å²) in [5.41, 5.74) is 9.05. The minimum absolute atomic E-state index is 0.413. The molecular weight excluding hydrogens is 414 g/mol. The van der Waals surface area contributed by atoms with E-state index in [9.17, 15) is 4.79 Å². The number of benzene rings is 2. The van der Waals surface area contributed by atoms with Gasteiger partial charge in [0.15, 0.2) is 11.5 Å². The second-order valence-electron chi connectivity index (χ2n) is 8.26. The molecule has 0 amide bonds. The summed E-state index contributed by atoms with van der Waals surface area (Å²) in [6, 6.07) is 16.1. The smallest absolute Gasteiger partial charge is 0.321 e. The molecule has 1 N–H and O–H groups in total. The molecule has 0 fully saturated rings. The predicted molar refractivity (Wildman–Crippen MR) is 129 cm³/mol. The molecule has 2 aromatic carbocycles. The maximum Gasteiger partial charge on any atom is 0.460 e. The van der Waals surface area contributed by atoms with Gasteiger partial charge in [-0.25, -0.2) is 14.8 Å². The number of rotatable bonds is 5. The summed E-state index contributed by atoms with van der Waals surface area (Å²) in [6.07, 6.45) is 1.87. The second-order valence-corrected chi connectivity index (χ2v) is 8.26. The van der Waals surface area contributed by atoms with Crippen LogP contribution in [-0.4, -0.2) is 24.7 Å². The predicted octanol–water partition coefficient (Wildman–Crippen LogP) is 5.31. The van der Waals surface area contributed by atoms with Gasteiger partial charge < -0.3 is 4.52 Å². The van der Waals surface area contributed by atoms with Gasteiger partial charge in [-0.1, -0.05) is 43.3 Å².